The van der Waals surface area contributed by atoms with Crippen molar-refractivity contribution < 1.29 is 9.59 Å². The highest BCUT2D eigenvalue weighted by Gasteiger charge is 2.36. The van der Waals surface area contributed by atoms with Crippen LogP contribution in [0.15, 0.2) is 115 Å². The van der Waals surface area contributed by atoms with Crippen LogP contribution in [0.25, 0.3) is 21.8 Å². The molecule has 2 N–H and O–H groups in total. The van der Waals surface area contributed by atoms with Gasteiger partial charge >= 0.3 is 0 Å². The van der Waals surface area contributed by atoms with Gasteiger partial charge in [0.1, 0.15) is 10.3 Å². The number of halogens is 2. The summed E-state index contributed by atoms with van der Waals surface area (Å²) in [6.45, 7) is 2.32. The van der Waals surface area contributed by atoms with Gasteiger partial charge in [0, 0.05) is 54.6 Å². The molecular formula is C44H42Cl2N6O2. The van der Waals surface area contributed by atoms with Gasteiger partial charge in [-0.05, 0) is 73.7 Å². The number of nitrogens with one attached hydrogen (secondary N) is 2. The van der Waals surface area contributed by atoms with Crippen molar-refractivity contribution >= 4 is 56.8 Å². The van der Waals surface area contributed by atoms with E-state index in [1.54, 1.807) is 12.1 Å². The Morgan fingerprint density at radius 2 is 1.09 bits per heavy atom. The first-order valence-electron chi connectivity index (χ1n) is 18.5. The molecule has 54 heavy (non-hydrogen) atoms. The maximum absolute atomic E-state index is 13.6. The van der Waals surface area contributed by atoms with Crippen LogP contribution in [-0.4, -0.2) is 62.8 Å². The van der Waals surface area contributed by atoms with E-state index in [4.69, 9.17) is 23.2 Å². The summed E-state index contributed by atoms with van der Waals surface area (Å²) in [6.07, 6.45) is 3.46. The van der Waals surface area contributed by atoms with Crippen LogP contribution < -0.4 is 10.6 Å². The van der Waals surface area contributed by atoms with Crippen molar-refractivity contribution in [2.75, 3.05) is 7.05 Å². The number of amides is 2. The number of aromatic nitrogens is 2. The van der Waals surface area contributed by atoms with Gasteiger partial charge in [0.05, 0.1) is 22.2 Å². The summed E-state index contributed by atoms with van der Waals surface area (Å²) in [6, 6.07) is 38.7. The minimum absolute atomic E-state index is 0.0415. The maximum Gasteiger partial charge on any atom is 0.252 e. The highest BCUT2D eigenvalue weighted by molar-refractivity contribution is 6.31. The molecule has 0 saturated heterocycles. The largest absolute Gasteiger partial charge is 0.349 e. The molecule has 2 aromatic heterocycles. The number of pyridine rings is 2. The standard InChI is InChI=1S/C44H42Cl2N6O2/c1-51(25-28-10-4-2-5-11-28)33-19-31(20-33)47-44(54)38-24-42(46)50-40-18-30(16-17-36(38)40)27-52(26-29-12-6-3-7-13-29)34-21-32(22-34)48-43(53)37-23-41(45)49-39-15-9-8-14-35(37)39/h2-18,23-24,31-34H,19-22,25-27H2,1H3,(H,47,54)(H,48,53). The molecule has 0 unspecified atom stereocenters. The summed E-state index contributed by atoms with van der Waals surface area (Å²) in [5.41, 5.74) is 6.05. The first-order chi connectivity index (χ1) is 26.3. The number of benzene rings is 4. The quantitative estimate of drug-likeness (QED) is 0.122. The van der Waals surface area contributed by atoms with Gasteiger partial charge in [-0.25, -0.2) is 9.97 Å². The fourth-order valence-electron chi connectivity index (χ4n) is 7.82. The summed E-state index contributed by atoms with van der Waals surface area (Å²) >= 11 is 12.8. The molecule has 0 spiro atoms. The van der Waals surface area contributed by atoms with Crippen LogP contribution in [0.5, 0.6) is 0 Å². The molecule has 10 heteroatoms. The molecule has 6 aromatic rings. The second kappa shape index (κ2) is 15.9. The van der Waals surface area contributed by atoms with E-state index in [2.05, 4.69) is 92.0 Å². The molecule has 8 nitrogen and oxygen atoms in total. The normalized spacial score (nSPS) is 19.4. The third-order valence-electron chi connectivity index (χ3n) is 10.9. The van der Waals surface area contributed by atoms with Crippen molar-refractivity contribution in [1.82, 2.24) is 30.4 Å². The predicted molar refractivity (Wildman–Crippen MR) is 216 cm³/mol. The number of carbonyl (C=O) groups is 2. The molecule has 2 aliphatic carbocycles. The van der Waals surface area contributed by atoms with Crippen LogP contribution in [0.3, 0.4) is 0 Å². The fraction of sp³-hybridized carbons (Fsp3) is 0.273. The van der Waals surface area contributed by atoms with Crippen LogP contribution in [0.2, 0.25) is 10.3 Å². The molecule has 0 bridgehead atoms. The van der Waals surface area contributed by atoms with Gasteiger partial charge in [-0.2, -0.15) is 0 Å². The highest BCUT2D eigenvalue weighted by Crippen LogP contribution is 2.32. The summed E-state index contributed by atoms with van der Waals surface area (Å²) in [5, 5.41) is 8.63. The molecule has 2 fully saturated rings. The topological polar surface area (TPSA) is 90.5 Å². The Morgan fingerprint density at radius 1 is 0.593 bits per heavy atom. The molecule has 0 atom stereocenters. The number of hydrogen-bond acceptors (Lipinski definition) is 6. The molecule has 2 amide bonds. The average molecular weight is 758 g/mol. The van der Waals surface area contributed by atoms with Crippen LogP contribution in [0.4, 0.5) is 0 Å². The number of rotatable bonds is 12. The predicted octanol–water partition coefficient (Wildman–Crippen LogP) is 8.45. The van der Waals surface area contributed by atoms with E-state index in [-0.39, 0.29) is 29.9 Å². The number of para-hydroxylation sites is 1. The molecule has 4 aromatic carbocycles. The lowest BCUT2D eigenvalue weighted by atomic mass is 9.84. The van der Waals surface area contributed by atoms with Crippen LogP contribution >= 0.6 is 23.2 Å². The zero-order chi connectivity index (χ0) is 37.2. The zero-order valence-corrected chi connectivity index (χ0v) is 31.6. The molecule has 0 radical (unpaired) electrons. The Hall–Kier alpha value is -4.86. The summed E-state index contributed by atoms with van der Waals surface area (Å²) in [4.78, 5) is 40.8. The van der Waals surface area contributed by atoms with E-state index in [0.717, 1.165) is 55.1 Å². The monoisotopic (exact) mass is 756 g/mol. The molecule has 8 rings (SSSR count). The van der Waals surface area contributed by atoms with E-state index in [9.17, 15) is 9.59 Å². The van der Waals surface area contributed by atoms with E-state index in [0.29, 0.717) is 45.1 Å². The Balaban J connectivity index is 0.930. The van der Waals surface area contributed by atoms with Crippen LogP contribution in [0.1, 0.15) is 63.1 Å². The van der Waals surface area contributed by atoms with Crippen molar-refractivity contribution in [2.45, 2.75) is 69.5 Å². The Morgan fingerprint density at radius 3 is 1.72 bits per heavy atom. The van der Waals surface area contributed by atoms with Crippen molar-refractivity contribution in [3.63, 3.8) is 0 Å². The first-order valence-corrected chi connectivity index (χ1v) is 19.3. The van der Waals surface area contributed by atoms with Gasteiger partial charge in [0.2, 0.25) is 0 Å². The van der Waals surface area contributed by atoms with E-state index in [1.165, 1.54) is 11.1 Å². The van der Waals surface area contributed by atoms with Gasteiger partial charge < -0.3 is 10.6 Å². The van der Waals surface area contributed by atoms with Gasteiger partial charge in [-0.15, -0.1) is 0 Å². The lowest BCUT2D eigenvalue weighted by Crippen LogP contribution is -2.53. The average Bonchev–Trinajstić information content (AvgIpc) is 3.13. The van der Waals surface area contributed by atoms with Gasteiger partial charge in [0.15, 0.2) is 0 Å². The van der Waals surface area contributed by atoms with Gasteiger partial charge in [-0.1, -0.05) is 114 Å². The molecular weight excluding hydrogens is 715 g/mol. The van der Waals surface area contributed by atoms with Crippen molar-refractivity contribution in [3.8, 4) is 0 Å². The Kier molecular flexibility index (Phi) is 10.6. The third kappa shape index (κ3) is 8.12. The molecule has 0 aliphatic heterocycles. The second-order valence-electron chi connectivity index (χ2n) is 14.7. The second-order valence-corrected chi connectivity index (χ2v) is 15.5. The molecule has 274 valence electrons. The highest BCUT2D eigenvalue weighted by atomic mass is 35.5. The molecule has 2 saturated carbocycles. The number of hydrogen-bond donors (Lipinski definition) is 2. The first kappa shape index (κ1) is 36.1. The van der Waals surface area contributed by atoms with E-state index in [1.807, 2.05) is 48.5 Å². The van der Waals surface area contributed by atoms with Crippen LogP contribution in [0, 0.1) is 0 Å². The number of fused-ring (bicyclic) bond motifs is 2. The maximum atomic E-state index is 13.6. The lowest BCUT2D eigenvalue weighted by Gasteiger charge is -2.43. The summed E-state index contributed by atoms with van der Waals surface area (Å²) < 4.78 is 0. The molecule has 2 aliphatic rings. The number of nitrogens with zero attached hydrogens (tertiary/aromatic N) is 4. The van der Waals surface area contributed by atoms with Crippen molar-refractivity contribution in [3.05, 3.63) is 153 Å². The SMILES string of the molecule is CN(Cc1ccccc1)C1CC(NC(=O)c2cc(Cl)nc3cc(CN(Cc4ccccc4)C4CC(NC(=O)c5cc(Cl)nc6ccccc56)C4)ccc23)C1. The van der Waals surface area contributed by atoms with Crippen molar-refractivity contribution in [1.29, 1.82) is 0 Å². The number of carbonyl (C=O) groups excluding carboxylic acids is 2. The van der Waals surface area contributed by atoms with Gasteiger partial charge in [0.25, 0.3) is 11.8 Å². The molecule has 2 heterocycles. The Labute approximate surface area is 325 Å². The Bertz CT molecular complexity index is 2290. The van der Waals surface area contributed by atoms with Gasteiger partial charge in [-0.3, -0.25) is 19.4 Å². The smallest absolute Gasteiger partial charge is 0.252 e. The lowest BCUT2D eigenvalue weighted by molar-refractivity contribution is 0.0694. The summed E-state index contributed by atoms with van der Waals surface area (Å²) in [5.74, 6) is -0.264. The zero-order valence-electron chi connectivity index (χ0n) is 30.1. The third-order valence-corrected chi connectivity index (χ3v) is 11.3. The minimum Gasteiger partial charge on any atom is -0.349 e. The minimum atomic E-state index is -0.140. The van der Waals surface area contributed by atoms with E-state index >= 15 is 0 Å². The summed E-state index contributed by atoms with van der Waals surface area (Å²) in [7, 11) is 2.15. The van der Waals surface area contributed by atoms with Crippen LogP contribution in [-0.2, 0) is 19.6 Å². The van der Waals surface area contributed by atoms with E-state index < -0.39 is 0 Å². The fourth-order valence-corrected chi connectivity index (χ4v) is 8.22. The van der Waals surface area contributed by atoms with Crippen molar-refractivity contribution in [2.24, 2.45) is 0 Å².